The first-order valence-corrected chi connectivity index (χ1v) is 6.19. The van der Waals surface area contributed by atoms with E-state index < -0.39 is 5.97 Å². The molecule has 0 radical (unpaired) electrons. The third-order valence-electron chi connectivity index (χ3n) is 3.18. The molecule has 1 unspecified atom stereocenters. The molecule has 3 nitrogen and oxygen atoms in total. The number of carboxylic acids is 1. The van der Waals surface area contributed by atoms with Gasteiger partial charge in [-0.1, -0.05) is 26.2 Å². The number of halogens is 2. The van der Waals surface area contributed by atoms with Crippen LogP contribution in [0.15, 0.2) is 0 Å². The normalized spacial score (nSPS) is 17.7. The molecule has 0 aromatic carbocycles. The maximum absolute atomic E-state index is 11.1. The minimum Gasteiger partial charge on any atom is -0.481 e. The minimum atomic E-state index is -0.617. The highest BCUT2D eigenvalue weighted by atomic mass is 35.5. The van der Waals surface area contributed by atoms with Crippen LogP contribution in [-0.2, 0) is 4.79 Å². The van der Waals surface area contributed by atoms with Gasteiger partial charge in [-0.05, 0) is 32.4 Å². The van der Waals surface area contributed by atoms with Crippen molar-refractivity contribution >= 4 is 30.8 Å². The van der Waals surface area contributed by atoms with E-state index in [4.69, 9.17) is 5.11 Å². The fourth-order valence-electron chi connectivity index (χ4n) is 2.20. The number of hydrogen-bond acceptors (Lipinski definition) is 2. The fraction of sp³-hybridized carbons (Fsp3) is 0.917. The summed E-state index contributed by atoms with van der Waals surface area (Å²) in [5.41, 5.74) is 0. The highest BCUT2D eigenvalue weighted by molar-refractivity contribution is 5.85. The number of piperidine rings is 1. The van der Waals surface area contributed by atoms with E-state index in [0.717, 1.165) is 38.9 Å². The van der Waals surface area contributed by atoms with Crippen molar-refractivity contribution < 1.29 is 9.90 Å². The molecule has 0 saturated carbocycles. The summed E-state index contributed by atoms with van der Waals surface area (Å²) in [5, 5.41) is 9.10. The third-order valence-corrected chi connectivity index (χ3v) is 3.18. The number of carbonyl (C=O) groups is 1. The zero-order chi connectivity index (χ0) is 11.1. The molecule has 0 aliphatic carbocycles. The molecule has 5 heteroatoms. The second-order valence-electron chi connectivity index (χ2n) is 4.54. The maximum Gasteiger partial charge on any atom is 0.307 e. The van der Waals surface area contributed by atoms with E-state index in [2.05, 4.69) is 11.8 Å². The van der Waals surface area contributed by atoms with Gasteiger partial charge in [0.25, 0.3) is 0 Å². The van der Waals surface area contributed by atoms with E-state index >= 15 is 0 Å². The fourth-order valence-corrected chi connectivity index (χ4v) is 2.20. The summed E-state index contributed by atoms with van der Waals surface area (Å²) in [6.07, 6.45) is 6.74. The van der Waals surface area contributed by atoms with Crippen molar-refractivity contribution in [1.82, 2.24) is 4.90 Å². The SMILES string of the molecule is CCCCC(CN1CCCCC1)C(=O)O.Cl.Cl. The van der Waals surface area contributed by atoms with Gasteiger partial charge in [-0.3, -0.25) is 4.79 Å². The molecule has 1 rings (SSSR count). The molecular formula is C12H25Cl2NO2. The highest BCUT2D eigenvalue weighted by Crippen LogP contribution is 2.15. The van der Waals surface area contributed by atoms with Crippen molar-refractivity contribution in [3.8, 4) is 0 Å². The van der Waals surface area contributed by atoms with Crippen molar-refractivity contribution in [1.29, 1.82) is 0 Å². The van der Waals surface area contributed by atoms with Gasteiger partial charge in [0.1, 0.15) is 0 Å². The maximum atomic E-state index is 11.1. The van der Waals surface area contributed by atoms with Crippen LogP contribution in [0.3, 0.4) is 0 Å². The van der Waals surface area contributed by atoms with E-state index in [-0.39, 0.29) is 30.7 Å². The quantitative estimate of drug-likeness (QED) is 0.815. The van der Waals surface area contributed by atoms with Gasteiger partial charge in [-0.15, -0.1) is 24.8 Å². The monoisotopic (exact) mass is 285 g/mol. The molecule has 1 atom stereocenters. The molecule has 0 aromatic rings. The standard InChI is InChI=1S/C12H23NO2.2ClH/c1-2-3-7-11(12(14)15)10-13-8-5-4-6-9-13;;/h11H,2-10H2,1H3,(H,14,15);2*1H. The van der Waals surface area contributed by atoms with Crippen LogP contribution >= 0.6 is 24.8 Å². The summed E-state index contributed by atoms with van der Waals surface area (Å²) >= 11 is 0. The molecule has 1 heterocycles. The minimum absolute atomic E-state index is 0. The van der Waals surface area contributed by atoms with Gasteiger partial charge in [0.2, 0.25) is 0 Å². The Kier molecular flexibility index (Phi) is 12.7. The lowest BCUT2D eigenvalue weighted by Crippen LogP contribution is -2.36. The third kappa shape index (κ3) is 7.85. The summed E-state index contributed by atoms with van der Waals surface area (Å²) in [6, 6.07) is 0. The van der Waals surface area contributed by atoms with Crippen LogP contribution in [0.25, 0.3) is 0 Å². The van der Waals surface area contributed by atoms with Crippen molar-refractivity contribution in [3.05, 3.63) is 0 Å². The Labute approximate surface area is 117 Å². The van der Waals surface area contributed by atoms with Gasteiger partial charge >= 0.3 is 5.97 Å². The number of unbranched alkanes of at least 4 members (excludes halogenated alkanes) is 1. The second kappa shape index (κ2) is 11.1. The van der Waals surface area contributed by atoms with Crippen LogP contribution < -0.4 is 0 Å². The molecule has 0 bridgehead atoms. The summed E-state index contributed by atoms with van der Waals surface area (Å²) in [5.74, 6) is -0.767. The zero-order valence-corrected chi connectivity index (χ0v) is 12.2. The lowest BCUT2D eigenvalue weighted by atomic mass is 10.0. The molecule has 0 aromatic heterocycles. The number of likely N-dealkylation sites (tertiary alicyclic amines) is 1. The summed E-state index contributed by atoms with van der Waals surface area (Å²) in [7, 11) is 0. The largest absolute Gasteiger partial charge is 0.481 e. The number of hydrogen-bond donors (Lipinski definition) is 1. The Morgan fingerprint density at radius 1 is 1.24 bits per heavy atom. The Morgan fingerprint density at radius 3 is 2.29 bits per heavy atom. The Morgan fingerprint density at radius 2 is 1.82 bits per heavy atom. The number of rotatable bonds is 6. The predicted molar refractivity (Wildman–Crippen MR) is 75.4 cm³/mol. The van der Waals surface area contributed by atoms with E-state index in [1.807, 2.05) is 0 Å². The topological polar surface area (TPSA) is 40.5 Å². The van der Waals surface area contributed by atoms with Crippen molar-refractivity contribution in [3.63, 3.8) is 0 Å². The summed E-state index contributed by atoms with van der Waals surface area (Å²) < 4.78 is 0. The van der Waals surface area contributed by atoms with Gasteiger partial charge < -0.3 is 10.0 Å². The molecule has 1 aliphatic heterocycles. The van der Waals surface area contributed by atoms with E-state index in [1.165, 1.54) is 19.3 Å². The lowest BCUT2D eigenvalue weighted by molar-refractivity contribution is -0.142. The van der Waals surface area contributed by atoms with Gasteiger partial charge in [-0.25, -0.2) is 0 Å². The van der Waals surface area contributed by atoms with Crippen molar-refractivity contribution in [2.75, 3.05) is 19.6 Å². The van der Waals surface area contributed by atoms with Crippen molar-refractivity contribution in [2.45, 2.75) is 45.4 Å². The number of aliphatic carboxylic acids is 1. The molecule has 1 N–H and O–H groups in total. The average Bonchev–Trinajstić information content (AvgIpc) is 2.25. The van der Waals surface area contributed by atoms with Crippen LogP contribution in [0.2, 0.25) is 0 Å². The second-order valence-corrected chi connectivity index (χ2v) is 4.54. The Hall–Kier alpha value is 0.01000. The first-order chi connectivity index (χ1) is 7.24. The number of nitrogens with zero attached hydrogens (tertiary/aromatic N) is 1. The molecule has 104 valence electrons. The first kappa shape index (κ1) is 19.4. The van der Waals surface area contributed by atoms with Crippen LogP contribution in [0, 0.1) is 5.92 Å². The smallest absolute Gasteiger partial charge is 0.307 e. The van der Waals surface area contributed by atoms with Gasteiger partial charge in [0, 0.05) is 6.54 Å². The van der Waals surface area contributed by atoms with Gasteiger partial charge in [0.15, 0.2) is 0 Å². The van der Waals surface area contributed by atoms with Crippen LogP contribution in [-0.4, -0.2) is 35.6 Å². The first-order valence-electron chi connectivity index (χ1n) is 6.19. The average molecular weight is 286 g/mol. The Balaban J connectivity index is 0. The highest BCUT2D eigenvalue weighted by Gasteiger charge is 2.21. The van der Waals surface area contributed by atoms with Gasteiger partial charge in [-0.2, -0.15) is 0 Å². The number of carboxylic acid groups (broad SMARTS) is 1. The summed E-state index contributed by atoms with van der Waals surface area (Å²) in [6.45, 7) is 5.06. The van der Waals surface area contributed by atoms with E-state index in [1.54, 1.807) is 0 Å². The van der Waals surface area contributed by atoms with E-state index in [9.17, 15) is 4.79 Å². The molecule has 17 heavy (non-hydrogen) atoms. The van der Waals surface area contributed by atoms with Crippen LogP contribution in [0.4, 0.5) is 0 Å². The summed E-state index contributed by atoms with van der Waals surface area (Å²) in [4.78, 5) is 13.4. The van der Waals surface area contributed by atoms with Gasteiger partial charge in [0.05, 0.1) is 5.92 Å². The molecule has 1 saturated heterocycles. The molecular weight excluding hydrogens is 261 g/mol. The van der Waals surface area contributed by atoms with Crippen LogP contribution in [0.5, 0.6) is 0 Å². The Bertz CT molecular complexity index is 197. The zero-order valence-electron chi connectivity index (χ0n) is 10.6. The lowest BCUT2D eigenvalue weighted by Gasteiger charge is -2.28. The predicted octanol–water partition coefficient (Wildman–Crippen LogP) is 3.21. The molecule has 1 aliphatic rings. The molecule has 1 fully saturated rings. The van der Waals surface area contributed by atoms with E-state index in [0.29, 0.717) is 0 Å². The molecule has 0 spiro atoms. The van der Waals surface area contributed by atoms with Crippen LogP contribution in [0.1, 0.15) is 45.4 Å². The molecule has 0 amide bonds. The van der Waals surface area contributed by atoms with Crippen molar-refractivity contribution in [2.24, 2.45) is 5.92 Å².